The summed E-state index contributed by atoms with van der Waals surface area (Å²) < 4.78 is 0. The molecule has 0 fully saturated rings. The molecule has 3 heteroatoms. The largest absolute Gasteiger partial charge is 0.273 e. The van der Waals surface area contributed by atoms with Crippen molar-refractivity contribution in [1.29, 1.82) is 0 Å². The first-order chi connectivity index (χ1) is 13.7. The van der Waals surface area contributed by atoms with E-state index in [2.05, 4.69) is 5.10 Å². The lowest BCUT2D eigenvalue weighted by molar-refractivity contribution is -0.130. The van der Waals surface area contributed by atoms with Crippen LogP contribution in [0.5, 0.6) is 0 Å². The van der Waals surface area contributed by atoms with Crippen LogP contribution in [0.1, 0.15) is 29.7 Å². The zero-order chi connectivity index (χ0) is 19.6. The number of carbonyl (C=O) groups excluding carboxylic acids is 1. The van der Waals surface area contributed by atoms with Crippen LogP contribution in [0.4, 0.5) is 0 Å². The Balaban J connectivity index is 1.86. The van der Waals surface area contributed by atoms with Gasteiger partial charge in [0.15, 0.2) is 0 Å². The fourth-order valence-corrected chi connectivity index (χ4v) is 2.95. The van der Waals surface area contributed by atoms with Gasteiger partial charge in [0.25, 0.3) is 0 Å². The van der Waals surface area contributed by atoms with E-state index in [-0.39, 0.29) is 11.9 Å². The monoisotopic (exact) mass is 368 g/mol. The van der Waals surface area contributed by atoms with Crippen LogP contribution in [-0.4, -0.2) is 17.1 Å². The molecule has 0 spiro atoms. The van der Waals surface area contributed by atoms with Crippen molar-refractivity contribution in [3.8, 4) is 0 Å². The van der Waals surface area contributed by atoms with E-state index < -0.39 is 0 Å². The Morgan fingerprint density at radius 3 is 2.07 bits per heavy atom. The van der Waals surface area contributed by atoms with E-state index in [0.29, 0.717) is 6.42 Å². The minimum absolute atomic E-state index is 0.101. The molecule has 28 heavy (non-hydrogen) atoms. The highest BCUT2D eigenvalue weighted by molar-refractivity contribution is 5.76. The van der Waals surface area contributed by atoms with Gasteiger partial charge in [-0.2, -0.15) is 5.10 Å². The SMILES string of the molecule is CC(=O)N(/N=C/Cc1ccccc1)[C@@H](/C=C/c1ccccc1)c1ccccc1. The second-order valence-corrected chi connectivity index (χ2v) is 6.48. The molecule has 0 heterocycles. The molecule has 0 bridgehead atoms. The van der Waals surface area contributed by atoms with E-state index in [1.807, 2.05) is 103 Å². The van der Waals surface area contributed by atoms with Gasteiger partial charge >= 0.3 is 0 Å². The van der Waals surface area contributed by atoms with Gasteiger partial charge in [0.1, 0.15) is 0 Å². The lowest BCUT2D eigenvalue weighted by Crippen LogP contribution is -2.27. The van der Waals surface area contributed by atoms with Gasteiger partial charge in [-0.25, -0.2) is 5.01 Å². The number of benzene rings is 3. The van der Waals surface area contributed by atoms with Crippen LogP contribution in [-0.2, 0) is 11.2 Å². The van der Waals surface area contributed by atoms with Crippen LogP contribution in [0.25, 0.3) is 6.08 Å². The second kappa shape index (κ2) is 10.0. The summed E-state index contributed by atoms with van der Waals surface area (Å²) in [4.78, 5) is 12.4. The third kappa shape index (κ3) is 5.52. The molecule has 0 radical (unpaired) electrons. The van der Waals surface area contributed by atoms with Crippen LogP contribution < -0.4 is 0 Å². The Morgan fingerprint density at radius 1 is 0.893 bits per heavy atom. The third-order valence-electron chi connectivity index (χ3n) is 4.37. The van der Waals surface area contributed by atoms with E-state index in [9.17, 15) is 4.79 Å². The van der Waals surface area contributed by atoms with Crippen molar-refractivity contribution in [2.24, 2.45) is 5.10 Å². The normalized spacial score (nSPS) is 12.3. The average Bonchev–Trinajstić information content (AvgIpc) is 2.74. The van der Waals surface area contributed by atoms with Crippen LogP contribution >= 0.6 is 0 Å². The Kier molecular flexibility index (Phi) is 6.91. The van der Waals surface area contributed by atoms with Gasteiger partial charge < -0.3 is 0 Å². The first-order valence-electron chi connectivity index (χ1n) is 9.38. The van der Waals surface area contributed by atoms with Gasteiger partial charge in [-0.3, -0.25) is 4.79 Å². The van der Waals surface area contributed by atoms with Crippen molar-refractivity contribution in [3.05, 3.63) is 114 Å². The molecule has 0 saturated heterocycles. The molecule has 0 aliphatic rings. The molecular formula is C25H24N2O. The van der Waals surface area contributed by atoms with E-state index in [4.69, 9.17) is 0 Å². The van der Waals surface area contributed by atoms with E-state index in [1.165, 1.54) is 5.01 Å². The summed E-state index contributed by atoms with van der Waals surface area (Å²) in [5.74, 6) is -0.101. The lowest BCUT2D eigenvalue weighted by Gasteiger charge is -2.24. The molecule has 0 saturated carbocycles. The molecule has 3 aromatic rings. The van der Waals surface area contributed by atoms with Crippen LogP contribution in [0.15, 0.2) is 102 Å². The first kappa shape index (κ1) is 19.3. The highest BCUT2D eigenvalue weighted by Gasteiger charge is 2.19. The number of hydrogen-bond donors (Lipinski definition) is 0. The first-order valence-corrected chi connectivity index (χ1v) is 9.38. The summed E-state index contributed by atoms with van der Waals surface area (Å²) in [6, 6.07) is 29.8. The van der Waals surface area contributed by atoms with Crippen molar-refractivity contribution in [2.45, 2.75) is 19.4 Å². The van der Waals surface area contributed by atoms with Gasteiger partial charge in [-0.1, -0.05) is 103 Å². The average molecular weight is 368 g/mol. The number of hydrazone groups is 1. The van der Waals surface area contributed by atoms with E-state index in [1.54, 1.807) is 13.1 Å². The predicted molar refractivity (Wildman–Crippen MR) is 116 cm³/mol. The van der Waals surface area contributed by atoms with Crippen LogP contribution in [0.3, 0.4) is 0 Å². The van der Waals surface area contributed by atoms with Gasteiger partial charge in [0.2, 0.25) is 5.91 Å². The van der Waals surface area contributed by atoms with Gasteiger partial charge in [-0.05, 0) is 16.7 Å². The summed E-state index contributed by atoms with van der Waals surface area (Å²) in [7, 11) is 0. The lowest BCUT2D eigenvalue weighted by atomic mass is 10.0. The molecule has 1 amide bonds. The highest BCUT2D eigenvalue weighted by Crippen LogP contribution is 2.24. The quantitative estimate of drug-likeness (QED) is 0.399. The smallest absolute Gasteiger partial charge is 0.240 e. The Labute approximate surface area is 166 Å². The van der Waals surface area contributed by atoms with Crippen molar-refractivity contribution in [1.82, 2.24) is 5.01 Å². The van der Waals surface area contributed by atoms with Gasteiger partial charge in [0, 0.05) is 19.6 Å². The number of rotatable bonds is 7. The molecule has 0 aliphatic carbocycles. The number of hydrogen-bond acceptors (Lipinski definition) is 2. The van der Waals surface area contributed by atoms with Crippen molar-refractivity contribution in [2.75, 3.05) is 0 Å². The van der Waals surface area contributed by atoms with Crippen molar-refractivity contribution in [3.63, 3.8) is 0 Å². The molecule has 3 aromatic carbocycles. The predicted octanol–water partition coefficient (Wildman–Crippen LogP) is 5.52. The molecule has 0 aromatic heterocycles. The van der Waals surface area contributed by atoms with Crippen molar-refractivity contribution >= 4 is 18.2 Å². The van der Waals surface area contributed by atoms with Gasteiger partial charge in [0.05, 0.1) is 6.04 Å². The molecule has 1 atom stereocenters. The third-order valence-corrected chi connectivity index (χ3v) is 4.37. The highest BCUT2D eigenvalue weighted by atomic mass is 16.2. The van der Waals surface area contributed by atoms with E-state index in [0.717, 1.165) is 16.7 Å². The van der Waals surface area contributed by atoms with Crippen molar-refractivity contribution < 1.29 is 4.79 Å². The molecule has 3 rings (SSSR count). The second-order valence-electron chi connectivity index (χ2n) is 6.48. The fraction of sp³-hybridized carbons (Fsp3) is 0.120. The summed E-state index contributed by atoms with van der Waals surface area (Å²) in [5.41, 5.74) is 3.26. The maximum atomic E-state index is 12.4. The fourth-order valence-electron chi connectivity index (χ4n) is 2.95. The topological polar surface area (TPSA) is 32.7 Å². The maximum Gasteiger partial charge on any atom is 0.240 e. The van der Waals surface area contributed by atoms with Crippen LogP contribution in [0, 0.1) is 0 Å². The zero-order valence-corrected chi connectivity index (χ0v) is 16.0. The molecule has 140 valence electrons. The summed E-state index contributed by atoms with van der Waals surface area (Å²) in [6.07, 6.45) is 6.52. The zero-order valence-electron chi connectivity index (χ0n) is 16.0. The molecule has 0 unspecified atom stereocenters. The molecular weight excluding hydrogens is 344 g/mol. The summed E-state index contributed by atoms with van der Waals surface area (Å²) in [6.45, 7) is 1.55. The number of amides is 1. The number of carbonyl (C=O) groups is 1. The van der Waals surface area contributed by atoms with Crippen LogP contribution in [0.2, 0.25) is 0 Å². The minimum Gasteiger partial charge on any atom is -0.273 e. The van der Waals surface area contributed by atoms with E-state index >= 15 is 0 Å². The molecule has 0 N–H and O–H groups in total. The van der Waals surface area contributed by atoms with Gasteiger partial charge in [-0.15, -0.1) is 0 Å². The molecule has 0 aliphatic heterocycles. The Morgan fingerprint density at radius 2 is 1.46 bits per heavy atom. The number of nitrogens with zero attached hydrogens (tertiary/aromatic N) is 2. The maximum absolute atomic E-state index is 12.4. The minimum atomic E-state index is -0.272. The Hall–Kier alpha value is -3.46. The summed E-state index contributed by atoms with van der Waals surface area (Å²) in [5, 5.41) is 6.05. The Bertz CT molecular complexity index is 919. The standard InChI is InChI=1S/C25H24N2O/c1-21(28)27(26-20-19-23-13-7-3-8-14-23)25(24-15-9-4-10-16-24)18-17-22-11-5-2-6-12-22/h2-18,20,25H,19H2,1H3/b18-17+,26-20+/t25-/m0/s1. The molecule has 3 nitrogen and oxygen atoms in total. The summed E-state index contributed by atoms with van der Waals surface area (Å²) >= 11 is 0.